The van der Waals surface area contributed by atoms with Crippen molar-refractivity contribution in [2.45, 2.75) is 6.10 Å². The highest BCUT2D eigenvalue weighted by molar-refractivity contribution is 5.98. The Morgan fingerprint density at radius 3 is 3.25 bits per heavy atom. The molecule has 1 atom stereocenters. The molecule has 2 heterocycles. The molecule has 1 amide bonds. The van der Waals surface area contributed by atoms with Crippen molar-refractivity contribution >= 4 is 16.8 Å². The van der Waals surface area contributed by atoms with Crippen LogP contribution >= 0.6 is 0 Å². The van der Waals surface area contributed by atoms with E-state index in [1.807, 2.05) is 42.4 Å². The van der Waals surface area contributed by atoms with Crippen LogP contribution in [0.3, 0.4) is 0 Å². The van der Waals surface area contributed by atoms with E-state index < -0.39 is 0 Å². The zero-order valence-corrected chi connectivity index (χ0v) is 11.6. The molecule has 0 saturated carbocycles. The number of amides is 1. The molecule has 5 heteroatoms. The number of hydrogen-bond acceptors (Lipinski definition) is 3. The van der Waals surface area contributed by atoms with Gasteiger partial charge in [-0.15, -0.1) is 0 Å². The molecule has 0 bridgehead atoms. The van der Waals surface area contributed by atoms with Crippen LogP contribution in [0.25, 0.3) is 10.9 Å². The van der Waals surface area contributed by atoms with Crippen LogP contribution in [-0.4, -0.2) is 55.2 Å². The second kappa shape index (κ2) is 5.64. The highest BCUT2D eigenvalue weighted by Crippen LogP contribution is 2.17. The van der Waals surface area contributed by atoms with Crippen molar-refractivity contribution in [3.63, 3.8) is 0 Å². The Morgan fingerprint density at radius 1 is 1.50 bits per heavy atom. The normalized spacial score (nSPS) is 19.4. The van der Waals surface area contributed by atoms with Gasteiger partial charge in [-0.3, -0.25) is 4.79 Å². The number of aromatic nitrogens is 1. The maximum absolute atomic E-state index is 12.6. The average Bonchev–Trinajstić information content (AvgIpc) is 2.94. The summed E-state index contributed by atoms with van der Waals surface area (Å²) in [6.45, 7) is 2.67. The molecule has 1 aliphatic heterocycles. The van der Waals surface area contributed by atoms with Crippen molar-refractivity contribution < 1.29 is 9.53 Å². The minimum absolute atomic E-state index is 0.0775. The average molecular weight is 273 g/mol. The highest BCUT2D eigenvalue weighted by Gasteiger charge is 2.24. The molecule has 106 valence electrons. The molecule has 0 spiro atoms. The van der Waals surface area contributed by atoms with Crippen LogP contribution in [0.15, 0.2) is 30.5 Å². The molecule has 0 radical (unpaired) electrons. The van der Waals surface area contributed by atoms with Gasteiger partial charge < -0.3 is 19.9 Å². The minimum Gasteiger partial charge on any atom is -0.373 e. The van der Waals surface area contributed by atoms with Crippen LogP contribution in [0, 0.1) is 0 Å². The zero-order valence-electron chi connectivity index (χ0n) is 11.6. The fourth-order valence-electron chi connectivity index (χ4n) is 2.62. The first-order valence-corrected chi connectivity index (χ1v) is 6.90. The number of aromatic amines is 1. The molecular weight excluding hydrogens is 254 g/mol. The van der Waals surface area contributed by atoms with Gasteiger partial charge in [-0.1, -0.05) is 0 Å². The number of carbonyl (C=O) groups is 1. The summed E-state index contributed by atoms with van der Waals surface area (Å²) in [7, 11) is 1.89. The molecule has 1 unspecified atom stereocenters. The van der Waals surface area contributed by atoms with Crippen LogP contribution in [0.1, 0.15) is 10.4 Å². The summed E-state index contributed by atoms with van der Waals surface area (Å²) in [5.74, 6) is 0.0810. The number of ether oxygens (including phenoxy) is 1. The SMILES string of the molecule is CNCC1CN(C(=O)c2ccc3[nH]ccc3c2)CCO1. The van der Waals surface area contributed by atoms with E-state index in [2.05, 4.69) is 10.3 Å². The van der Waals surface area contributed by atoms with E-state index >= 15 is 0 Å². The summed E-state index contributed by atoms with van der Waals surface area (Å²) in [5, 5.41) is 4.16. The maximum atomic E-state index is 12.6. The number of likely N-dealkylation sites (N-methyl/N-ethyl adjacent to an activating group) is 1. The lowest BCUT2D eigenvalue weighted by molar-refractivity contribution is -0.0196. The van der Waals surface area contributed by atoms with E-state index in [1.54, 1.807) is 0 Å². The Labute approximate surface area is 117 Å². The third-order valence-electron chi connectivity index (χ3n) is 3.66. The standard InChI is InChI=1S/C15H19N3O2/c1-16-9-13-10-18(6-7-20-13)15(19)12-2-3-14-11(8-12)4-5-17-14/h2-5,8,13,16-17H,6-7,9-10H2,1H3. The molecule has 1 saturated heterocycles. The molecule has 1 aromatic heterocycles. The molecule has 2 N–H and O–H groups in total. The summed E-state index contributed by atoms with van der Waals surface area (Å²) in [4.78, 5) is 17.6. The van der Waals surface area contributed by atoms with Crippen LogP contribution in [0.5, 0.6) is 0 Å². The maximum Gasteiger partial charge on any atom is 0.254 e. The third kappa shape index (κ3) is 2.55. The number of H-pyrrole nitrogens is 1. The molecule has 0 aliphatic carbocycles. The van der Waals surface area contributed by atoms with Crippen LogP contribution < -0.4 is 5.32 Å². The molecule has 2 aromatic rings. The molecule has 1 aliphatic rings. The second-order valence-electron chi connectivity index (χ2n) is 5.08. The van der Waals surface area contributed by atoms with Crippen LogP contribution in [-0.2, 0) is 4.74 Å². The summed E-state index contributed by atoms with van der Waals surface area (Å²) < 4.78 is 5.63. The Kier molecular flexibility index (Phi) is 3.71. The predicted molar refractivity (Wildman–Crippen MR) is 77.9 cm³/mol. The summed E-state index contributed by atoms with van der Waals surface area (Å²) in [6, 6.07) is 7.75. The van der Waals surface area contributed by atoms with Crippen molar-refractivity contribution in [3.05, 3.63) is 36.0 Å². The third-order valence-corrected chi connectivity index (χ3v) is 3.66. The van der Waals surface area contributed by atoms with Gasteiger partial charge in [-0.25, -0.2) is 0 Å². The van der Waals surface area contributed by atoms with E-state index in [0.717, 1.165) is 23.0 Å². The van der Waals surface area contributed by atoms with E-state index in [1.165, 1.54) is 0 Å². The van der Waals surface area contributed by atoms with Gasteiger partial charge in [-0.2, -0.15) is 0 Å². The van der Waals surface area contributed by atoms with Gasteiger partial charge in [0.15, 0.2) is 0 Å². The topological polar surface area (TPSA) is 57.4 Å². The summed E-state index contributed by atoms with van der Waals surface area (Å²) >= 11 is 0. The number of fused-ring (bicyclic) bond motifs is 1. The van der Waals surface area contributed by atoms with Crippen LogP contribution in [0.4, 0.5) is 0 Å². The fourth-order valence-corrected chi connectivity index (χ4v) is 2.62. The number of nitrogens with zero attached hydrogens (tertiary/aromatic N) is 1. The lowest BCUT2D eigenvalue weighted by Crippen LogP contribution is -2.48. The van der Waals surface area contributed by atoms with Gasteiger partial charge in [0.25, 0.3) is 5.91 Å². The first-order valence-electron chi connectivity index (χ1n) is 6.90. The summed E-state index contributed by atoms with van der Waals surface area (Å²) in [6.07, 6.45) is 1.96. The quantitative estimate of drug-likeness (QED) is 0.884. The monoisotopic (exact) mass is 273 g/mol. The molecule has 5 nitrogen and oxygen atoms in total. The molecule has 3 rings (SSSR count). The summed E-state index contributed by atoms with van der Waals surface area (Å²) in [5.41, 5.74) is 1.79. The second-order valence-corrected chi connectivity index (χ2v) is 5.08. The van der Waals surface area contributed by atoms with Crippen molar-refractivity contribution in [2.75, 3.05) is 33.3 Å². The van der Waals surface area contributed by atoms with Crippen molar-refractivity contribution in [2.24, 2.45) is 0 Å². The lowest BCUT2D eigenvalue weighted by Gasteiger charge is -2.33. The minimum atomic E-state index is 0.0775. The Balaban J connectivity index is 1.77. The molecular formula is C15H19N3O2. The Bertz CT molecular complexity index is 606. The van der Waals surface area contributed by atoms with E-state index in [-0.39, 0.29) is 12.0 Å². The van der Waals surface area contributed by atoms with E-state index in [4.69, 9.17) is 4.74 Å². The van der Waals surface area contributed by atoms with E-state index in [9.17, 15) is 4.79 Å². The number of nitrogens with one attached hydrogen (secondary N) is 2. The Hall–Kier alpha value is -1.85. The van der Waals surface area contributed by atoms with Gasteiger partial charge in [0.05, 0.1) is 12.7 Å². The Morgan fingerprint density at radius 2 is 2.40 bits per heavy atom. The van der Waals surface area contributed by atoms with Crippen LogP contribution in [0.2, 0.25) is 0 Å². The van der Waals surface area contributed by atoms with Gasteiger partial charge in [0, 0.05) is 42.3 Å². The number of benzene rings is 1. The number of carbonyl (C=O) groups excluding carboxylic acids is 1. The van der Waals surface area contributed by atoms with Gasteiger partial charge in [-0.05, 0) is 31.3 Å². The molecule has 20 heavy (non-hydrogen) atoms. The van der Waals surface area contributed by atoms with Gasteiger partial charge in [0.2, 0.25) is 0 Å². The molecule has 1 aromatic carbocycles. The fraction of sp³-hybridized carbons (Fsp3) is 0.400. The van der Waals surface area contributed by atoms with Gasteiger partial charge in [0.1, 0.15) is 0 Å². The van der Waals surface area contributed by atoms with Crippen molar-refractivity contribution in [3.8, 4) is 0 Å². The number of rotatable bonds is 3. The van der Waals surface area contributed by atoms with Crippen molar-refractivity contribution in [1.82, 2.24) is 15.2 Å². The highest BCUT2D eigenvalue weighted by atomic mass is 16.5. The van der Waals surface area contributed by atoms with E-state index in [0.29, 0.717) is 19.7 Å². The smallest absolute Gasteiger partial charge is 0.254 e. The lowest BCUT2D eigenvalue weighted by atomic mass is 10.1. The largest absolute Gasteiger partial charge is 0.373 e. The first kappa shape index (κ1) is 13.1. The predicted octanol–water partition coefficient (Wildman–Crippen LogP) is 1.23. The van der Waals surface area contributed by atoms with Crippen molar-refractivity contribution in [1.29, 1.82) is 0 Å². The number of hydrogen-bond donors (Lipinski definition) is 2. The number of morpholine rings is 1. The zero-order chi connectivity index (χ0) is 13.9. The van der Waals surface area contributed by atoms with Gasteiger partial charge >= 0.3 is 0 Å². The molecule has 1 fully saturated rings. The first-order chi connectivity index (χ1) is 9.78.